The van der Waals surface area contributed by atoms with Gasteiger partial charge in [0.1, 0.15) is 12.4 Å². The molecule has 0 spiro atoms. The van der Waals surface area contributed by atoms with Crippen LogP contribution in [0.15, 0.2) is 0 Å². The molecular formula is C22H30F3N5O3. The molecule has 1 saturated carbocycles. The fourth-order valence-electron chi connectivity index (χ4n) is 4.91. The highest BCUT2D eigenvalue weighted by Crippen LogP contribution is 2.38. The molecule has 1 saturated heterocycles. The number of alkyl halides is 3. The van der Waals surface area contributed by atoms with Crippen LogP contribution in [-0.4, -0.2) is 70.0 Å². The second-order valence-corrected chi connectivity index (χ2v) is 9.28. The Kier molecular flexibility index (Phi) is 6.90. The number of hydrogen-bond donors (Lipinski definition) is 1. The maximum Gasteiger partial charge on any atom is 0.433 e. The van der Waals surface area contributed by atoms with Gasteiger partial charge in [-0.15, -0.1) is 0 Å². The van der Waals surface area contributed by atoms with Gasteiger partial charge < -0.3 is 20.3 Å². The van der Waals surface area contributed by atoms with Gasteiger partial charge in [0.05, 0.1) is 18.3 Å². The Hall–Kier alpha value is -2.27. The second-order valence-electron chi connectivity index (χ2n) is 9.28. The molecule has 3 aliphatic rings. The van der Waals surface area contributed by atoms with E-state index in [1.807, 2.05) is 6.92 Å². The van der Waals surface area contributed by atoms with Crippen LogP contribution in [0.3, 0.4) is 0 Å². The summed E-state index contributed by atoms with van der Waals surface area (Å²) in [6.07, 6.45) is -1.12. The van der Waals surface area contributed by atoms with Crippen molar-refractivity contribution in [2.24, 2.45) is 5.73 Å². The number of aromatic nitrogens is 2. The average molecular weight is 470 g/mol. The molecule has 2 N–H and O–H groups in total. The molecule has 1 aromatic rings. The van der Waals surface area contributed by atoms with E-state index in [0.717, 1.165) is 25.7 Å². The van der Waals surface area contributed by atoms with Gasteiger partial charge in [-0.2, -0.15) is 13.2 Å². The molecule has 2 atom stereocenters. The van der Waals surface area contributed by atoms with E-state index in [4.69, 9.17) is 10.5 Å². The van der Waals surface area contributed by atoms with Crippen molar-refractivity contribution in [3.63, 3.8) is 0 Å². The van der Waals surface area contributed by atoms with E-state index in [1.54, 1.807) is 4.90 Å². The molecule has 1 aromatic heterocycles. The average Bonchev–Trinajstić information content (AvgIpc) is 3.29. The first-order chi connectivity index (χ1) is 15.6. The number of amides is 2. The van der Waals surface area contributed by atoms with Gasteiger partial charge >= 0.3 is 6.18 Å². The van der Waals surface area contributed by atoms with Gasteiger partial charge in [0.2, 0.25) is 11.8 Å². The number of rotatable bonds is 5. The van der Waals surface area contributed by atoms with Crippen molar-refractivity contribution in [2.75, 3.05) is 26.2 Å². The van der Waals surface area contributed by atoms with Crippen molar-refractivity contribution in [1.29, 1.82) is 0 Å². The summed E-state index contributed by atoms with van der Waals surface area (Å²) in [7, 11) is 0. The molecule has 0 bridgehead atoms. The monoisotopic (exact) mass is 469 g/mol. The zero-order chi connectivity index (χ0) is 23.8. The molecule has 2 fully saturated rings. The molecule has 2 aliphatic heterocycles. The van der Waals surface area contributed by atoms with E-state index in [2.05, 4.69) is 9.97 Å². The zero-order valence-electron chi connectivity index (χ0n) is 18.7. The Morgan fingerprint density at radius 2 is 2.00 bits per heavy atom. The number of halogens is 3. The van der Waals surface area contributed by atoms with Crippen LogP contribution in [-0.2, 0) is 33.5 Å². The van der Waals surface area contributed by atoms with Crippen molar-refractivity contribution in [2.45, 2.75) is 76.2 Å². The van der Waals surface area contributed by atoms with Crippen molar-refractivity contribution < 1.29 is 27.5 Å². The summed E-state index contributed by atoms with van der Waals surface area (Å²) in [5, 5.41) is 0. The van der Waals surface area contributed by atoms with Crippen LogP contribution in [0.25, 0.3) is 0 Å². The predicted octanol–water partition coefficient (Wildman–Crippen LogP) is 2.00. The van der Waals surface area contributed by atoms with Crippen LogP contribution in [0.5, 0.6) is 0 Å². The van der Waals surface area contributed by atoms with E-state index in [1.165, 1.54) is 4.90 Å². The van der Waals surface area contributed by atoms with Gasteiger partial charge in [0.15, 0.2) is 5.69 Å². The molecule has 4 rings (SSSR count). The first kappa shape index (κ1) is 23.9. The van der Waals surface area contributed by atoms with Crippen LogP contribution in [0.1, 0.15) is 67.7 Å². The van der Waals surface area contributed by atoms with Crippen LogP contribution < -0.4 is 5.73 Å². The number of carbonyl (C=O) groups excluding carboxylic acids is 2. The van der Waals surface area contributed by atoms with Crippen LogP contribution in [0, 0.1) is 0 Å². The van der Waals surface area contributed by atoms with Gasteiger partial charge in [-0.1, -0.05) is 12.8 Å². The largest absolute Gasteiger partial charge is 0.433 e. The molecule has 11 heteroatoms. The van der Waals surface area contributed by atoms with Crippen LogP contribution in [0.4, 0.5) is 13.2 Å². The Balaban J connectivity index is 1.45. The minimum atomic E-state index is -4.56. The van der Waals surface area contributed by atoms with Gasteiger partial charge in [-0.3, -0.25) is 9.59 Å². The standard InChI is InChI=1S/C22H30F3N5O3/c1-13-9-30(19(32)12-33-13)10-15(26)8-18(31)29-7-6-16-17(11-29)27-21(14-4-2-3-5-14)28-20(16)22(23,24)25/h13-15H,2-12,26H2,1H3/t13-,15-/m0/s1. The van der Waals surface area contributed by atoms with Crippen molar-refractivity contribution in [3.05, 3.63) is 22.8 Å². The number of morpholine rings is 1. The Labute approximate surface area is 190 Å². The molecular weight excluding hydrogens is 439 g/mol. The number of hydrogen-bond acceptors (Lipinski definition) is 6. The third kappa shape index (κ3) is 5.46. The summed E-state index contributed by atoms with van der Waals surface area (Å²) in [6, 6.07) is -0.571. The third-order valence-corrected chi connectivity index (χ3v) is 6.64. The lowest BCUT2D eigenvalue weighted by molar-refractivity contribution is -0.148. The van der Waals surface area contributed by atoms with Gasteiger partial charge in [0.25, 0.3) is 0 Å². The molecule has 2 amide bonds. The summed E-state index contributed by atoms with van der Waals surface area (Å²) < 4.78 is 46.5. The maximum atomic E-state index is 13.7. The number of carbonyl (C=O) groups is 2. The highest BCUT2D eigenvalue weighted by molar-refractivity contribution is 5.79. The van der Waals surface area contributed by atoms with Crippen LogP contribution >= 0.6 is 0 Å². The highest BCUT2D eigenvalue weighted by atomic mass is 19.4. The summed E-state index contributed by atoms with van der Waals surface area (Å²) in [6.45, 7) is 2.67. The van der Waals surface area contributed by atoms with E-state index in [0.29, 0.717) is 6.54 Å². The Bertz CT molecular complexity index is 904. The molecule has 33 heavy (non-hydrogen) atoms. The summed E-state index contributed by atoms with van der Waals surface area (Å²) in [4.78, 5) is 36.4. The SMILES string of the molecule is C[C@H]1CN(C[C@@H](N)CC(=O)N2CCc3c(nc(C4CCCC4)nc3C(F)(F)F)C2)C(=O)CO1. The first-order valence-electron chi connectivity index (χ1n) is 11.5. The zero-order valence-corrected chi connectivity index (χ0v) is 18.7. The predicted molar refractivity (Wildman–Crippen MR) is 112 cm³/mol. The molecule has 1 aliphatic carbocycles. The quantitative estimate of drug-likeness (QED) is 0.708. The molecule has 0 unspecified atom stereocenters. The van der Waals surface area contributed by atoms with Gasteiger partial charge in [0, 0.05) is 43.6 Å². The Morgan fingerprint density at radius 3 is 2.70 bits per heavy atom. The van der Waals surface area contributed by atoms with Crippen molar-refractivity contribution in [1.82, 2.24) is 19.8 Å². The highest BCUT2D eigenvalue weighted by Gasteiger charge is 2.40. The lowest BCUT2D eigenvalue weighted by Crippen LogP contribution is -2.51. The van der Waals surface area contributed by atoms with Crippen LogP contribution in [0.2, 0.25) is 0 Å². The second kappa shape index (κ2) is 9.54. The lowest BCUT2D eigenvalue weighted by Gasteiger charge is -2.34. The number of ether oxygens (including phenoxy) is 1. The third-order valence-electron chi connectivity index (χ3n) is 6.64. The smallest absolute Gasteiger partial charge is 0.367 e. The molecule has 0 radical (unpaired) electrons. The van der Waals surface area contributed by atoms with E-state index < -0.39 is 17.9 Å². The minimum absolute atomic E-state index is 0.00104. The number of nitrogens with two attached hydrogens (primary N) is 1. The fourth-order valence-corrected chi connectivity index (χ4v) is 4.91. The first-order valence-corrected chi connectivity index (χ1v) is 11.5. The molecule has 3 heterocycles. The number of nitrogens with zero attached hydrogens (tertiary/aromatic N) is 4. The molecule has 8 nitrogen and oxygen atoms in total. The van der Waals surface area contributed by atoms with Gasteiger partial charge in [-0.05, 0) is 26.2 Å². The maximum absolute atomic E-state index is 13.7. The van der Waals surface area contributed by atoms with Crippen molar-refractivity contribution in [3.8, 4) is 0 Å². The normalized spacial score (nSPS) is 23.1. The molecule has 182 valence electrons. The Morgan fingerprint density at radius 1 is 1.27 bits per heavy atom. The lowest BCUT2D eigenvalue weighted by atomic mass is 9.99. The number of fused-ring (bicyclic) bond motifs is 1. The minimum Gasteiger partial charge on any atom is -0.367 e. The van der Waals surface area contributed by atoms with Gasteiger partial charge in [-0.25, -0.2) is 9.97 Å². The van der Waals surface area contributed by atoms with E-state index in [-0.39, 0.29) is 80.0 Å². The molecule has 0 aromatic carbocycles. The van der Waals surface area contributed by atoms with Crippen molar-refractivity contribution >= 4 is 11.8 Å². The fraction of sp³-hybridized carbons (Fsp3) is 0.727. The van der Waals surface area contributed by atoms with E-state index in [9.17, 15) is 22.8 Å². The summed E-state index contributed by atoms with van der Waals surface area (Å²) in [5.41, 5.74) is 5.65. The summed E-state index contributed by atoms with van der Waals surface area (Å²) in [5.74, 6) is -0.246. The topological polar surface area (TPSA) is 102 Å². The summed E-state index contributed by atoms with van der Waals surface area (Å²) >= 11 is 0. The van der Waals surface area contributed by atoms with E-state index >= 15 is 0 Å².